The fourth-order valence-electron chi connectivity index (χ4n) is 4.17. The Morgan fingerprint density at radius 1 is 0.931 bits per heavy atom. The fourth-order valence-corrected chi connectivity index (χ4v) is 4.17. The molecule has 0 N–H and O–H groups in total. The third kappa shape index (κ3) is 2.96. The monoisotopic (exact) mass is 383 g/mol. The molecule has 146 valence electrons. The Morgan fingerprint density at radius 3 is 2.55 bits per heavy atom. The van der Waals surface area contributed by atoms with Gasteiger partial charge in [-0.25, -0.2) is 4.98 Å². The van der Waals surface area contributed by atoms with Gasteiger partial charge in [-0.1, -0.05) is 50.1 Å². The van der Waals surface area contributed by atoms with Gasteiger partial charge in [0, 0.05) is 23.7 Å². The zero-order valence-corrected chi connectivity index (χ0v) is 16.9. The van der Waals surface area contributed by atoms with Gasteiger partial charge in [-0.05, 0) is 42.1 Å². The summed E-state index contributed by atoms with van der Waals surface area (Å²) < 4.78 is 9.94. The van der Waals surface area contributed by atoms with Gasteiger partial charge in [0.25, 0.3) is 0 Å². The normalized spacial score (nSPS) is 11.7. The molecule has 2 heterocycles. The molecule has 0 atom stereocenters. The van der Waals surface area contributed by atoms with Crippen molar-refractivity contribution >= 4 is 27.6 Å². The maximum absolute atomic E-state index is 5.33. The Morgan fingerprint density at radius 2 is 1.76 bits per heavy atom. The lowest BCUT2D eigenvalue weighted by atomic mass is 10.1. The third-order valence-electron chi connectivity index (χ3n) is 5.72. The molecule has 0 saturated carbocycles. The summed E-state index contributed by atoms with van der Waals surface area (Å²) in [5, 5.41) is 2.44. The summed E-state index contributed by atoms with van der Waals surface area (Å²) in [6.07, 6.45) is 5.80. The van der Waals surface area contributed by atoms with E-state index in [0.29, 0.717) is 0 Å². The number of fused-ring (bicyclic) bond motifs is 5. The van der Waals surface area contributed by atoms with E-state index in [2.05, 4.69) is 70.6 Å². The van der Waals surface area contributed by atoms with E-state index in [9.17, 15) is 0 Å². The van der Waals surface area contributed by atoms with Gasteiger partial charge >= 0.3 is 0 Å². The second kappa shape index (κ2) is 7.28. The Bertz CT molecular complexity index is 1290. The zero-order valence-electron chi connectivity index (χ0n) is 16.9. The lowest BCUT2D eigenvalue weighted by Gasteiger charge is -2.09. The topological polar surface area (TPSA) is 31.5 Å². The predicted octanol–water partition coefficient (Wildman–Crippen LogP) is 6.31. The second-order valence-corrected chi connectivity index (χ2v) is 7.54. The average Bonchev–Trinajstić information content (AvgIpc) is 3.31. The van der Waals surface area contributed by atoms with Crippen LogP contribution in [0.15, 0.2) is 66.9 Å². The van der Waals surface area contributed by atoms with Crippen molar-refractivity contribution in [1.29, 1.82) is 0 Å². The molecule has 0 unspecified atom stereocenters. The number of benzene rings is 3. The van der Waals surface area contributed by atoms with E-state index in [-0.39, 0.29) is 0 Å². The first-order valence-corrected chi connectivity index (χ1v) is 10.3. The van der Waals surface area contributed by atoms with Crippen molar-refractivity contribution < 1.29 is 4.74 Å². The maximum atomic E-state index is 5.33. The van der Waals surface area contributed by atoms with Crippen molar-refractivity contribution in [3.63, 3.8) is 0 Å². The highest BCUT2D eigenvalue weighted by molar-refractivity contribution is 6.05. The number of nitrogens with zero attached hydrogens (tertiary/aromatic N) is 3. The second-order valence-electron chi connectivity index (χ2n) is 7.54. The van der Waals surface area contributed by atoms with Crippen LogP contribution >= 0.6 is 0 Å². The minimum absolute atomic E-state index is 0.875. The van der Waals surface area contributed by atoms with Crippen LogP contribution < -0.4 is 4.74 Å². The number of imidazole rings is 2. The van der Waals surface area contributed by atoms with Crippen molar-refractivity contribution in [2.75, 3.05) is 7.11 Å². The quantitative estimate of drug-likeness (QED) is 0.322. The third-order valence-corrected chi connectivity index (χ3v) is 5.72. The number of unbranched alkanes of at least 4 members (excludes halogenated alkanes) is 2. The van der Waals surface area contributed by atoms with Crippen molar-refractivity contribution in [1.82, 2.24) is 14.0 Å². The highest BCUT2D eigenvalue weighted by Gasteiger charge is 2.16. The minimum Gasteiger partial charge on any atom is -0.497 e. The van der Waals surface area contributed by atoms with Crippen LogP contribution in [0.1, 0.15) is 26.2 Å². The smallest absolute Gasteiger partial charge is 0.215 e. The summed E-state index contributed by atoms with van der Waals surface area (Å²) >= 11 is 0. The number of ether oxygens (including phenoxy) is 1. The first-order chi connectivity index (χ1) is 14.3. The molecule has 5 aromatic rings. The molecular formula is C25H25N3O. The first kappa shape index (κ1) is 17.8. The summed E-state index contributed by atoms with van der Waals surface area (Å²) in [7, 11) is 1.70. The summed E-state index contributed by atoms with van der Waals surface area (Å²) in [6.45, 7) is 3.21. The summed E-state index contributed by atoms with van der Waals surface area (Å²) in [5.74, 6) is 1.89. The first-order valence-electron chi connectivity index (χ1n) is 10.3. The van der Waals surface area contributed by atoms with Crippen LogP contribution in [-0.4, -0.2) is 21.1 Å². The Hall–Kier alpha value is -3.27. The van der Waals surface area contributed by atoms with Crippen molar-refractivity contribution in [2.45, 2.75) is 32.7 Å². The molecule has 3 aromatic carbocycles. The van der Waals surface area contributed by atoms with E-state index in [1.54, 1.807) is 7.11 Å². The van der Waals surface area contributed by atoms with Crippen LogP contribution in [-0.2, 0) is 6.54 Å². The summed E-state index contributed by atoms with van der Waals surface area (Å²) in [4.78, 5) is 5.10. The largest absolute Gasteiger partial charge is 0.497 e. The number of rotatable bonds is 6. The van der Waals surface area contributed by atoms with Gasteiger partial charge in [0.2, 0.25) is 5.78 Å². The van der Waals surface area contributed by atoms with Gasteiger partial charge in [-0.15, -0.1) is 0 Å². The molecule has 4 heteroatoms. The highest BCUT2D eigenvalue weighted by Crippen LogP contribution is 2.31. The molecule has 0 fully saturated rings. The summed E-state index contributed by atoms with van der Waals surface area (Å²) in [6, 6.07) is 21.1. The Balaban J connectivity index is 1.73. The van der Waals surface area contributed by atoms with Gasteiger partial charge in [-0.3, -0.25) is 4.40 Å². The van der Waals surface area contributed by atoms with Gasteiger partial charge in [0.1, 0.15) is 5.75 Å². The molecule has 0 amide bonds. The molecule has 0 aliphatic carbocycles. The molecule has 0 bridgehead atoms. The van der Waals surface area contributed by atoms with Crippen molar-refractivity contribution in [3.8, 4) is 17.0 Å². The molecule has 29 heavy (non-hydrogen) atoms. The number of aryl methyl sites for hydroxylation is 1. The van der Waals surface area contributed by atoms with Crippen LogP contribution in [0, 0.1) is 0 Å². The van der Waals surface area contributed by atoms with Crippen molar-refractivity contribution in [3.05, 3.63) is 66.9 Å². The molecule has 0 aliphatic heterocycles. The fraction of sp³-hybridized carbons (Fsp3) is 0.240. The molecule has 0 saturated heterocycles. The van der Waals surface area contributed by atoms with Gasteiger partial charge < -0.3 is 9.30 Å². The van der Waals surface area contributed by atoms with Crippen LogP contribution in [0.2, 0.25) is 0 Å². The molecule has 0 aliphatic rings. The van der Waals surface area contributed by atoms with Crippen LogP contribution in [0.25, 0.3) is 38.8 Å². The lowest BCUT2D eigenvalue weighted by Crippen LogP contribution is -2.01. The molecule has 0 spiro atoms. The van der Waals surface area contributed by atoms with E-state index in [1.165, 1.54) is 34.9 Å². The minimum atomic E-state index is 0.875. The Labute approximate surface area is 170 Å². The number of hydrogen-bond acceptors (Lipinski definition) is 2. The molecule has 0 radical (unpaired) electrons. The van der Waals surface area contributed by atoms with Gasteiger partial charge in [-0.2, -0.15) is 0 Å². The Kier molecular flexibility index (Phi) is 4.47. The maximum Gasteiger partial charge on any atom is 0.215 e. The predicted molar refractivity (Wildman–Crippen MR) is 120 cm³/mol. The standard InChI is InChI=1S/C25H25N3O/c1-3-4-7-16-27-23(19-10-13-20(29-2)14-11-19)17-28-22-15-12-18-8-5-6-9-21(18)24(22)26-25(27)28/h5-6,8-15,17H,3-4,7,16H2,1-2H3. The van der Waals surface area contributed by atoms with E-state index < -0.39 is 0 Å². The molecule has 2 aromatic heterocycles. The van der Waals surface area contributed by atoms with E-state index in [0.717, 1.165) is 35.5 Å². The molecular weight excluding hydrogens is 358 g/mol. The van der Waals surface area contributed by atoms with Crippen LogP contribution in [0.4, 0.5) is 0 Å². The number of methoxy groups -OCH3 is 1. The molecule has 5 rings (SSSR count). The van der Waals surface area contributed by atoms with E-state index >= 15 is 0 Å². The van der Waals surface area contributed by atoms with Crippen LogP contribution in [0.5, 0.6) is 5.75 Å². The lowest BCUT2D eigenvalue weighted by molar-refractivity contribution is 0.415. The van der Waals surface area contributed by atoms with Gasteiger partial charge in [0.05, 0.1) is 23.8 Å². The zero-order chi connectivity index (χ0) is 19.8. The van der Waals surface area contributed by atoms with E-state index in [1.807, 2.05) is 12.1 Å². The number of hydrogen-bond donors (Lipinski definition) is 0. The van der Waals surface area contributed by atoms with Gasteiger partial charge in [0.15, 0.2) is 0 Å². The average molecular weight is 383 g/mol. The number of aromatic nitrogens is 3. The van der Waals surface area contributed by atoms with E-state index in [4.69, 9.17) is 9.72 Å². The SMILES string of the molecule is CCCCCn1c(-c2ccc(OC)cc2)cn2c3ccc4ccccc4c3nc12. The van der Waals surface area contributed by atoms with Crippen molar-refractivity contribution in [2.24, 2.45) is 0 Å². The molecule has 4 nitrogen and oxygen atoms in total. The van der Waals surface area contributed by atoms with Crippen LogP contribution in [0.3, 0.4) is 0 Å². The summed E-state index contributed by atoms with van der Waals surface area (Å²) in [5.41, 5.74) is 4.61. The highest BCUT2D eigenvalue weighted by atomic mass is 16.5.